The molecule has 1 aromatic carbocycles. The fraction of sp³-hybridized carbons (Fsp3) is 0.588. The number of nitrogens with one attached hydrogen (secondary N) is 1. The maximum Gasteiger partial charge on any atom is 0.317 e. The summed E-state index contributed by atoms with van der Waals surface area (Å²) < 4.78 is 16.3. The molecule has 0 radical (unpaired) electrons. The molecule has 130 valence electrons. The molecule has 3 aliphatic heterocycles. The predicted molar refractivity (Wildman–Crippen MR) is 88.7 cm³/mol. The van der Waals surface area contributed by atoms with Crippen LogP contribution in [-0.4, -0.2) is 63.2 Å². The summed E-state index contributed by atoms with van der Waals surface area (Å²) >= 11 is 0. The highest BCUT2D eigenvalue weighted by Crippen LogP contribution is 2.35. The molecular weight excluding hydrogens is 310 g/mol. The molecular formula is C17H23N3O4. The lowest BCUT2D eigenvalue weighted by Crippen LogP contribution is -2.52. The van der Waals surface area contributed by atoms with Crippen LogP contribution in [0, 0.1) is 0 Å². The zero-order chi connectivity index (χ0) is 16.4. The second kappa shape index (κ2) is 6.76. The number of rotatable bonds is 3. The molecule has 2 fully saturated rings. The van der Waals surface area contributed by atoms with Gasteiger partial charge in [-0.1, -0.05) is 0 Å². The first-order valence-corrected chi connectivity index (χ1v) is 8.58. The monoisotopic (exact) mass is 333 g/mol. The number of hydrogen-bond acceptors (Lipinski definition) is 5. The molecule has 0 aliphatic carbocycles. The molecule has 7 nitrogen and oxygen atoms in total. The molecule has 1 aromatic rings. The van der Waals surface area contributed by atoms with E-state index in [0.29, 0.717) is 19.6 Å². The molecule has 2 saturated heterocycles. The number of fused-ring (bicyclic) bond motifs is 1. The lowest BCUT2D eigenvalue weighted by Gasteiger charge is -2.36. The van der Waals surface area contributed by atoms with Gasteiger partial charge in [-0.15, -0.1) is 0 Å². The Hall–Kier alpha value is -2.15. The summed E-state index contributed by atoms with van der Waals surface area (Å²) in [4.78, 5) is 16.4. The van der Waals surface area contributed by atoms with Crippen LogP contribution in [0.1, 0.15) is 12.8 Å². The van der Waals surface area contributed by atoms with Crippen molar-refractivity contribution in [3.8, 4) is 11.5 Å². The summed E-state index contributed by atoms with van der Waals surface area (Å²) in [5.74, 6) is 1.59. The van der Waals surface area contributed by atoms with E-state index in [1.807, 2.05) is 23.1 Å². The van der Waals surface area contributed by atoms with Crippen molar-refractivity contribution >= 4 is 11.7 Å². The number of anilines is 1. The van der Waals surface area contributed by atoms with E-state index in [4.69, 9.17) is 14.2 Å². The van der Waals surface area contributed by atoms with Crippen LogP contribution >= 0.6 is 0 Å². The van der Waals surface area contributed by atoms with Gasteiger partial charge in [-0.25, -0.2) is 4.79 Å². The van der Waals surface area contributed by atoms with E-state index in [-0.39, 0.29) is 18.9 Å². The van der Waals surface area contributed by atoms with Gasteiger partial charge in [0.15, 0.2) is 11.5 Å². The van der Waals surface area contributed by atoms with Gasteiger partial charge in [0.2, 0.25) is 6.79 Å². The van der Waals surface area contributed by atoms with E-state index in [9.17, 15) is 4.79 Å². The van der Waals surface area contributed by atoms with Gasteiger partial charge in [-0.3, -0.25) is 0 Å². The standard InChI is InChI=1S/C17H23N3O4/c21-17(18-11-14-2-1-9-22-14)20-7-5-19(6-8-20)13-3-4-15-16(10-13)24-12-23-15/h3-4,10,14H,1-2,5-9,11-12H2,(H,18,21). The average Bonchev–Trinajstić information content (AvgIpc) is 3.30. The first-order valence-electron chi connectivity index (χ1n) is 8.58. The molecule has 1 unspecified atom stereocenters. The van der Waals surface area contributed by atoms with Crippen LogP contribution in [0.3, 0.4) is 0 Å². The van der Waals surface area contributed by atoms with Crippen molar-refractivity contribution in [1.29, 1.82) is 0 Å². The van der Waals surface area contributed by atoms with Gasteiger partial charge >= 0.3 is 6.03 Å². The quantitative estimate of drug-likeness (QED) is 0.906. The maximum absolute atomic E-state index is 12.3. The fourth-order valence-electron chi connectivity index (χ4n) is 3.37. The minimum Gasteiger partial charge on any atom is -0.454 e. The largest absolute Gasteiger partial charge is 0.454 e. The third-order valence-corrected chi connectivity index (χ3v) is 4.79. The lowest BCUT2D eigenvalue weighted by molar-refractivity contribution is 0.108. The molecule has 0 saturated carbocycles. The molecule has 24 heavy (non-hydrogen) atoms. The summed E-state index contributed by atoms with van der Waals surface area (Å²) in [6.07, 6.45) is 2.32. The third-order valence-electron chi connectivity index (χ3n) is 4.79. The van der Waals surface area contributed by atoms with Gasteiger partial charge in [0.25, 0.3) is 0 Å². The van der Waals surface area contributed by atoms with Crippen LogP contribution in [0.4, 0.5) is 10.5 Å². The Balaban J connectivity index is 1.27. The molecule has 1 N–H and O–H groups in total. The minimum absolute atomic E-state index is 0.0100. The smallest absolute Gasteiger partial charge is 0.317 e. The zero-order valence-corrected chi connectivity index (χ0v) is 13.7. The van der Waals surface area contributed by atoms with Gasteiger partial charge < -0.3 is 29.3 Å². The maximum atomic E-state index is 12.3. The van der Waals surface area contributed by atoms with Crippen molar-refractivity contribution in [2.75, 3.05) is 51.0 Å². The molecule has 1 atom stereocenters. The minimum atomic E-state index is 0.0100. The van der Waals surface area contributed by atoms with E-state index in [0.717, 1.165) is 49.7 Å². The van der Waals surface area contributed by atoms with E-state index >= 15 is 0 Å². The van der Waals surface area contributed by atoms with Crippen molar-refractivity contribution in [3.63, 3.8) is 0 Å². The highest BCUT2D eigenvalue weighted by atomic mass is 16.7. The zero-order valence-electron chi connectivity index (χ0n) is 13.7. The highest BCUT2D eigenvalue weighted by molar-refractivity contribution is 5.74. The number of amides is 2. The number of hydrogen-bond donors (Lipinski definition) is 1. The fourth-order valence-corrected chi connectivity index (χ4v) is 3.37. The van der Waals surface area contributed by atoms with Gasteiger partial charge in [0.05, 0.1) is 6.10 Å². The Kier molecular flexibility index (Phi) is 4.34. The van der Waals surface area contributed by atoms with E-state index in [1.165, 1.54) is 0 Å². The Bertz CT molecular complexity index is 595. The van der Waals surface area contributed by atoms with Gasteiger partial charge in [0.1, 0.15) is 0 Å². The molecule has 0 aromatic heterocycles. The number of piperazine rings is 1. The Morgan fingerprint density at radius 3 is 2.79 bits per heavy atom. The number of benzene rings is 1. The van der Waals surface area contributed by atoms with Crippen LogP contribution in [-0.2, 0) is 4.74 Å². The van der Waals surface area contributed by atoms with Gasteiger partial charge in [-0.05, 0) is 25.0 Å². The number of carbonyl (C=O) groups is 1. The summed E-state index contributed by atoms with van der Waals surface area (Å²) in [6, 6.07) is 6.00. The van der Waals surface area contributed by atoms with Crippen LogP contribution < -0.4 is 19.7 Å². The van der Waals surface area contributed by atoms with Gasteiger partial charge in [-0.2, -0.15) is 0 Å². The second-order valence-electron chi connectivity index (χ2n) is 6.33. The molecule has 4 rings (SSSR count). The summed E-state index contributed by atoms with van der Waals surface area (Å²) in [5, 5.41) is 2.99. The molecule has 2 amide bonds. The third kappa shape index (κ3) is 3.21. The van der Waals surface area contributed by atoms with E-state index in [2.05, 4.69) is 10.2 Å². The first-order chi connectivity index (χ1) is 11.8. The van der Waals surface area contributed by atoms with E-state index < -0.39 is 0 Å². The molecule has 3 aliphatic rings. The van der Waals surface area contributed by atoms with Crippen LogP contribution in [0.5, 0.6) is 11.5 Å². The Labute approximate surface area is 141 Å². The lowest BCUT2D eigenvalue weighted by atomic mass is 10.2. The Morgan fingerprint density at radius 1 is 1.17 bits per heavy atom. The second-order valence-corrected chi connectivity index (χ2v) is 6.33. The normalized spacial score (nSPS) is 22.8. The van der Waals surface area contributed by atoms with Crippen LogP contribution in [0.15, 0.2) is 18.2 Å². The summed E-state index contributed by atoms with van der Waals surface area (Å²) in [7, 11) is 0. The molecule has 7 heteroatoms. The summed E-state index contributed by atoms with van der Waals surface area (Å²) in [5.41, 5.74) is 1.11. The number of carbonyl (C=O) groups excluding carboxylic acids is 1. The van der Waals surface area contributed by atoms with Crippen LogP contribution in [0.25, 0.3) is 0 Å². The van der Waals surface area contributed by atoms with Crippen LogP contribution in [0.2, 0.25) is 0 Å². The van der Waals surface area contributed by atoms with E-state index in [1.54, 1.807) is 0 Å². The van der Waals surface area contributed by atoms with Crippen molar-refractivity contribution in [1.82, 2.24) is 10.2 Å². The average molecular weight is 333 g/mol. The number of ether oxygens (including phenoxy) is 3. The topological polar surface area (TPSA) is 63.3 Å². The molecule has 0 bridgehead atoms. The Morgan fingerprint density at radius 2 is 2.00 bits per heavy atom. The number of urea groups is 1. The van der Waals surface area contributed by atoms with Gasteiger partial charge in [0, 0.05) is 51.1 Å². The predicted octanol–water partition coefficient (Wildman–Crippen LogP) is 1.43. The van der Waals surface area contributed by atoms with Crippen molar-refractivity contribution < 1.29 is 19.0 Å². The SMILES string of the molecule is O=C(NCC1CCCO1)N1CCN(c2ccc3c(c2)OCO3)CC1. The number of nitrogens with zero attached hydrogens (tertiary/aromatic N) is 2. The highest BCUT2D eigenvalue weighted by Gasteiger charge is 2.24. The molecule has 3 heterocycles. The first kappa shape index (κ1) is 15.4. The summed E-state index contributed by atoms with van der Waals surface area (Å²) in [6.45, 7) is 4.77. The van der Waals surface area contributed by atoms with Crippen molar-refractivity contribution in [3.05, 3.63) is 18.2 Å². The van der Waals surface area contributed by atoms with Crippen molar-refractivity contribution in [2.24, 2.45) is 0 Å². The molecule has 0 spiro atoms. The van der Waals surface area contributed by atoms with Crippen molar-refractivity contribution in [2.45, 2.75) is 18.9 Å².